The molecule has 0 spiro atoms. The van der Waals surface area contributed by atoms with Crippen LogP contribution in [0.5, 0.6) is 0 Å². The number of oxime groups is 1. The van der Waals surface area contributed by atoms with E-state index in [4.69, 9.17) is 28.4 Å². The molecule has 1 aromatic carbocycles. The van der Waals surface area contributed by atoms with E-state index in [1.165, 1.54) is 22.5 Å². The number of sulfonamides is 1. The summed E-state index contributed by atoms with van der Waals surface area (Å²) in [6.45, 7) is 2.33. The molecule has 1 aliphatic rings. The van der Waals surface area contributed by atoms with E-state index in [2.05, 4.69) is 5.16 Å². The first-order valence-corrected chi connectivity index (χ1v) is 8.22. The molecule has 8 heteroatoms. The van der Waals surface area contributed by atoms with Crippen LogP contribution < -0.4 is 0 Å². The maximum Gasteiger partial charge on any atom is 0.244 e. The third kappa shape index (κ3) is 2.93. The third-order valence-electron chi connectivity index (χ3n) is 3.30. The predicted molar refractivity (Wildman–Crippen MR) is 78.2 cm³/mol. The van der Waals surface area contributed by atoms with Crippen LogP contribution in [0.2, 0.25) is 10.0 Å². The van der Waals surface area contributed by atoms with Gasteiger partial charge >= 0.3 is 0 Å². The van der Waals surface area contributed by atoms with Crippen molar-refractivity contribution in [3.05, 3.63) is 28.2 Å². The van der Waals surface area contributed by atoms with Crippen molar-refractivity contribution in [3.63, 3.8) is 0 Å². The molecule has 1 aliphatic heterocycles. The van der Waals surface area contributed by atoms with Gasteiger partial charge in [-0.05, 0) is 18.2 Å². The second-order valence-corrected chi connectivity index (χ2v) is 7.43. The summed E-state index contributed by atoms with van der Waals surface area (Å²) in [6.07, 6.45) is 0.398. The van der Waals surface area contributed by atoms with Crippen LogP contribution in [0, 0.1) is 5.92 Å². The van der Waals surface area contributed by atoms with Gasteiger partial charge in [0.2, 0.25) is 10.0 Å². The minimum Gasteiger partial charge on any atom is -0.411 e. The topological polar surface area (TPSA) is 70.0 Å². The molecule has 0 aliphatic carbocycles. The quantitative estimate of drug-likeness (QED) is 0.666. The molecule has 1 heterocycles. The highest BCUT2D eigenvalue weighted by atomic mass is 35.5. The maximum absolute atomic E-state index is 12.6. The summed E-state index contributed by atoms with van der Waals surface area (Å²) >= 11 is 11.8. The lowest BCUT2D eigenvalue weighted by atomic mass is 10.00. The van der Waals surface area contributed by atoms with Gasteiger partial charge in [-0.3, -0.25) is 0 Å². The maximum atomic E-state index is 12.6. The summed E-state index contributed by atoms with van der Waals surface area (Å²) in [4.78, 5) is 0.00301. The van der Waals surface area contributed by atoms with Gasteiger partial charge in [-0.2, -0.15) is 4.31 Å². The first kappa shape index (κ1) is 15.6. The van der Waals surface area contributed by atoms with Gasteiger partial charge in [0.25, 0.3) is 0 Å². The van der Waals surface area contributed by atoms with Gasteiger partial charge in [-0.1, -0.05) is 35.3 Å². The van der Waals surface area contributed by atoms with Crippen LogP contribution in [0.1, 0.15) is 13.3 Å². The molecule has 5 nitrogen and oxygen atoms in total. The van der Waals surface area contributed by atoms with Crippen molar-refractivity contribution in [2.24, 2.45) is 11.1 Å². The fourth-order valence-corrected chi connectivity index (χ4v) is 4.44. The molecule has 1 unspecified atom stereocenters. The molecule has 2 rings (SSSR count). The summed E-state index contributed by atoms with van der Waals surface area (Å²) in [7, 11) is -3.70. The van der Waals surface area contributed by atoms with Gasteiger partial charge in [0, 0.05) is 30.5 Å². The largest absolute Gasteiger partial charge is 0.411 e. The molecule has 1 aromatic rings. The standard InChI is InChI=1S/C12H14Cl2N2O3S/c1-8-7-16(5-4-11(8)15-17)20(18,19)12-6-9(13)2-3-10(12)14/h2-3,6,8,17H,4-5,7H2,1H3/b15-11+. The molecule has 1 fully saturated rings. The van der Waals surface area contributed by atoms with Gasteiger partial charge in [0.05, 0.1) is 10.7 Å². The monoisotopic (exact) mass is 336 g/mol. The highest BCUT2D eigenvalue weighted by Crippen LogP contribution is 2.29. The first-order chi connectivity index (χ1) is 9.36. The van der Waals surface area contributed by atoms with Gasteiger partial charge in [-0.15, -0.1) is 0 Å². The van der Waals surface area contributed by atoms with Crippen molar-refractivity contribution in [1.82, 2.24) is 4.31 Å². The Bertz CT molecular complexity index is 646. The molecule has 1 N–H and O–H groups in total. The SMILES string of the molecule is CC1CN(S(=O)(=O)c2cc(Cl)ccc2Cl)CC/C1=N\O. The molecule has 0 amide bonds. The molecule has 1 saturated heterocycles. The highest BCUT2D eigenvalue weighted by Gasteiger charge is 2.33. The van der Waals surface area contributed by atoms with Crippen LogP contribution in [-0.4, -0.2) is 36.7 Å². The lowest BCUT2D eigenvalue weighted by Gasteiger charge is -2.30. The zero-order valence-electron chi connectivity index (χ0n) is 10.8. The lowest BCUT2D eigenvalue weighted by molar-refractivity contribution is 0.300. The van der Waals surface area contributed by atoms with E-state index in [0.29, 0.717) is 17.2 Å². The van der Waals surface area contributed by atoms with E-state index < -0.39 is 10.0 Å². The number of benzene rings is 1. The van der Waals surface area contributed by atoms with Crippen LogP contribution in [-0.2, 0) is 10.0 Å². The van der Waals surface area contributed by atoms with Gasteiger partial charge < -0.3 is 5.21 Å². The van der Waals surface area contributed by atoms with Crippen molar-refractivity contribution < 1.29 is 13.6 Å². The Hall–Kier alpha value is -0.820. The summed E-state index contributed by atoms with van der Waals surface area (Å²) in [6, 6.07) is 4.35. The van der Waals surface area contributed by atoms with Crippen molar-refractivity contribution >= 4 is 38.9 Å². The Balaban J connectivity index is 2.34. The van der Waals surface area contributed by atoms with Crippen LogP contribution in [0.15, 0.2) is 28.3 Å². The summed E-state index contributed by atoms with van der Waals surface area (Å²) < 4.78 is 26.5. The molecule has 0 bridgehead atoms. The summed E-state index contributed by atoms with van der Waals surface area (Å²) in [5.41, 5.74) is 0.605. The minimum atomic E-state index is -3.70. The minimum absolute atomic E-state index is 0.00301. The Morgan fingerprint density at radius 2 is 2.10 bits per heavy atom. The van der Waals surface area contributed by atoms with E-state index in [1.54, 1.807) is 0 Å². The lowest BCUT2D eigenvalue weighted by Crippen LogP contribution is -2.43. The number of nitrogens with zero attached hydrogens (tertiary/aromatic N) is 2. The Morgan fingerprint density at radius 3 is 2.70 bits per heavy atom. The van der Waals surface area contributed by atoms with Crippen molar-refractivity contribution in [2.45, 2.75) is 18.2 Å². The summed E-state index contributed by atoms with van der Waals surface area (Å²) in [5, 5.41) is 12.5. The van der Waals surface area contributed by atoms with Crippen molar-refractivity contribution in [3.8, 4) is 0 Å². The average molecular weight is 337 g/mol. The molecule has 1 atom stereocenters. The van der Waals surface area contributed by atoms with Crippen LogP contribution >= 0.6 is 23.2 Å². The Kier molecular flexibility index (Phi) is 4.59. The fraction of sp³-hybridized carbons (Fsp3) is 0.417. The molecule has 110 valence electrons. The zero-order chi connectivity index (χ0) is 14.9. The number of rotatable bonds is 2. The van der Waals surface area contributed by atoms with E-state index in [9.17, 15) is 8.42 Å². The van der Waals surface area contributed by atoms with E-state index in [-0.39, 0.29) is 28.9 Å². The molecule has 0 aromatic heterocycles. The average Bonchev–Trinajstić information content (AvgIpc) is 2.41. The molecule has 0 radical (unpaired) electrons. The fourth-order valence-electron chi connectivity index (χ4n) is 2.17. The van der Waals surface area contributed by atoms with Gasteiger partial charge in [0.1, 0.15) is 4.90 Å². The second kappa shape index (κ2) is 5.89. The van der Waals surface area contributed by atoms with Crippen molar-refractivity contribution in [1.29, 1.82) is 0 Å². The molecular weight excluding hydrogens is 323 g/mol. The normalized spacial score (nSPS) is 23.1. The second-order valence-electron chi connectivity index (χ2n) is 4.68. The third-order valence-corrected chi connectivity index (χ3v) is 5.89. The van der Waals surface area contributed by atoms with Crippen LogP contribution in [0.25, 0.3) is 0 Å². The highest BCUT2D eigenvalue weighted by molar-refractivity contribution is 7.89. The van der Waals surface area contributed by atoms with Crippen LogP contribution in [0.4, 0.5) is 0 Å². The number of hydrogen-bond donors (Lipinski definition) is 1. The van der Waals surface area contributed by atoms with E-state index in [1.807, 2.05) is 6.92 Å². The zero-order valence-corrected chi connectivity index (χ0v) is 13.1. The Morgan fingerprint density at radius 1 is 1.40 bits per heavy atom. The number of piperidine rings is 1. The van der Waals surface area contributed by atoms with E-state index >= 15 is 0 Å². The van der Waals surface area contributed by atoms with Crippen molar-refractivity contribution in [2.75, 3.05) is 13.1 Å². The smallest absolute Gasteiger partial charge is 0.244 e. The predicted octanol–water partition coefficient (Wildman–Crippen LogP) is 2.85. The molecular formula is C12H14Cl2N2O3S. The first-order valence-electron chi connectivity index (χ1n) is 6.02. The van der Waals surface area contributed by atoms with Gasteiger partial charge in [0.15, 0.2) is 0 Å². The van der Waals surface area contributed by atoms with E-state index in [0.717, 1.165) is 0 Å². The van der Waals surface area contributed by atoms with Crippen LogP contribution in [0.3, 0.4) is 0 Å². The molecule has 20 heavy (non-hydrogen) atoms. The number of halogens is 2. The Labute approximate surface area is 127 Å². The number of hydrogen-bond acceptors (Lipinski definition) is 4. The molecule has 0 saturated carbocycles. The van der Waals surface area contributed by atoms with Gasteiger partial charge in [-0.25, -0.2) is 8.42 Å². The summed E-state index contributed by atoms with van der Waals surface area (Å²) in [5.74, 6) is -0.138.